The van der Waals surface area contributed by atoms with E-state index in [4.69, 9.17) is 5.11 Å². The minimum atomic E-state index is -0.945. The molecular weight excluding hydrogens is 302 g/mol. The third-order valence-corrected chi connectivity index (χ3v) is 4.85. The number of fused-ring (bicyclic) bond motifs is 1. The van der Waals surface area contributed by atoms with Crippen molar-refractivity contribution in [3.8, 4) is 0 Å². The summed E-state index contributed by atoms with van der Waals surface area (Å²) in [5.41, 5.74) is 3.35. The first-order chi connectivity index (χ1) is 11.5. The monoisotopic (exact) mass is 323 g/mol. The smallest absolute Gasteiger partial charge is 0.335 e. The molecule has 2 aromatic carbocycles. The number of amides is 1. The van der Waals surface area contributed by atoms with Gasteiger partial charge in [0, 0.05) is 6.54 Å². The number of nitrogens with one attached hydrogen (secondary N) is 1. The van der Waals surface area contributed by atoms with Crippen LogP contribution in [0.4, 0.5) is 0 Å². The maximum absolute atomic E-state index is 12.7. The fourth-order valence-electron chi connectivity index (χ4n) is 3.25. The Balaban J connectivity index is 1.63. The summed E-state index contributed by atoms with van der Waals surface area (Å²) in [7, 11) is 0. The van der Waals surface area contributed by atoms with Crippen molar-refractivity contribution in [3.63, 3.8) is 0 Å². The Morgan fingerprint density at radius 3 is 2.42 bits per heavy atom. The van der Waals surface area contributed by atoms with Crippen LogP contribution in [0.1, 0.15) is 40.4 Å². The van der Waals surface area contributed by atoms with E-state index in [0.717, 1.165) is 24.8 Å². The van der Waals surface area contributed by atoms with Crippen LogP contribution in [0, 0.1) is 5.41 Å². The Morgan fingerprint density at radius 2 is 1.75 bits per heavy atom. The van der Waals surface area contributed by atoms with Gasteiger partial charge >= 0.3 is 5.97 Å². The van der Waals surface area contributed by atoms with E-state index in [0.29, 0.717) is 6.54 Å². The minimum absolute atomic E-state index is 0.0549. The maximum Gasteiger partial charge on any atom is 0.335 e. The van der Waals surface area contributed by atoms with Crippen LogP contribution in [-0.4, -0.2) is 17.0 Å². The molecule has 0 bridgehead atoms. The summed E-state index contributed by atoms with van der Waals surface area (Å²) in [5.74, 6) is -0.890. The molecule has 0 aliphatic heterocycles. The van der Waals surface area contributed by atoms with Crippen molar-refractivity contribution in [2.45, 2.75) is 32.7 Å². The average molecular weight is 323 g/mol. The number of aryl methyl sites for hydroxylation is 1. The first kappa shape index (κ1) is 16.2. The van der Waals surface area contributed by atoms with Crippen LogP contribution in [0.25, 0.3) is 0 Å². The summed E-state index contributed by atoms with van der Waals surface area (Å²) < 4.78 is 0. The average Bonchev–Trinajstić information content (AvgIpc) is 2.59. The third-order valence-electron chi connectivity index (χ3n) is 4.85. The Labute approximate surface area is 141 Å². The zero-order chi connectivity index (χ0) is 17.2. The van der Waals surface area contributed by atoms with E-state index in [9.17, 15) is 9.59 Å². The molecule has 1 aliphatic carbocycles. The number of rotatable bonds is 4. The largest absolute Gasteiger partial charge is 0.478 e. The molecule has 124 valence electrons. The molecule has 1 unspecified atom stereocenters. The van der Waals surface area contributed by atoms with Gasteiger partial charge in [-0.05, 0) is 48.1 Å². The van der Waals surface area contributed by atoms with Crippen molar-refractivity contribution < 1.29 is 14.7 Å². The SMILES string of the molecule is CC1(C(=O)NCc2ccc(C(=O)O)cc2)CCc2ccccc2C1. The molecule has 0 aromatic heterocycles. The van der Waals surface area contributed by atoms with E-state index in [-0.39, 0.29) is 11.5 Å². The number of benzene rings is 2. The van der Waals surface area contributed by atoms with Crippen molar-refractivity contribution in [2.24, 2.45) is 5.41 Å². The molecule has 2 N–H and O–H groups in total. The summed E-state index contributed by atoms with van der Waals surface area (Å²) in [4.78, 5) is 23.5. The molecule has 1 atom stereocenters. The Hall–Kier alpha value is -2.62. The topological polar surface area (TPSA) is 66.4 Å². The molecule has 2 aromatic rings. The van der Waals surface area contributed by atoms with Crippen molar-refractivity contribution >= 4 is 11.9 Å². The molecule has 4 heteroatoms. The van der Waals surface area contributed by atoms with Gasteiger partial charge in [0.25, 0.3) is 0 Å². The van der Waals surface area contributed by atoms with E-state index in [1.165, 1.54) is 11.1 Å². The zero-order valence-corrected chi connectivity index (χ0v) is 13.7. The summed E-state index contributed by atoms with van der Waals surface area (Å²) in [6.45, 7) is 2.43. The van der Waals surface area contributed by atoms with E-state index in [1.54, 1.807) is 24.3 Å². The van der Waals surface area contributed by atoms with Gasteiger partial charge in [-0.15, -0.1) is 0 Å². The summed E-state index contributed by atoms with van der Waals surface area (Å²) >= 11 is 0. The second-order valence-corrected chi connectivity index (χ2v) is 6.69. The predicted octanol–water partition coefficient (Wildman–Crippen LogP) is 3.20. The highest BCUT2D eigenvalue weighted by atomic mass is 16.4. The van der Waals surface area contributed by atoms with Gasteiger partial charge < -0.3 is 10.4 Å². The third kappa shape index (κ3) is 3.32. The number of hydrogen-bond donors (Lipinski definition) is 2. The Morgan fingerprint density at radius 1 is 1.08 bits per heavy atom. The summed E-state index contributed by atoms with van der Waals surface area (Å²) in [6, 6.07) is 14.9. The molecule has 24 heavy (non-hydrogen) atoms. The predicted molar refractivity (Wildman–Crippen MR) is 91.8 cm³/mol. The fraction of sp³-hybridized carbons (Fsp3) is 0.300. The fourth-order valence-corrected chi connectivity index (χ4v) is 3.25. The quantitative estimate of drug-likeness (QED) is 0.908. The van der Waals surface area contributed by atoms with Gasteiger partial charge in [0.15, 0.2) is 0 Å². The highest BCUT2D eigenvalue weighted by Gasteiger charge is 2.36. The lowest BCUT2D eigenvalue weighted by Crippen LogP contribution is -2.42. The van der Waals surface area contributed by atoms with Crippen LogP contribution in [0.3, 0.4) is 0 Å². The summed E-state index contributed by atoms with van der Waals surface area (Å²) in [6.07, 6.45) is 2.52. The summed E-state index contributed by atoms with van der Waals surface area (Å²) in [5, 5.41) is 11.9. The second-order valence-electron chi connectivity index (χ2n) is 6.69. The highest BCUT2D eigenvalue weighted by molar-refractivity contribution is 5.87. The van der Waals surface area contributed by atoms with Gasteiger partial charge in [-0.1, -0.05) is 43.3 Å². The number of carbonyl (C=O) groups is 2. The highest BCUT2D eigenvalue weighted by Crippen LogP contribution is 2.35. The molecule has 3 rings (SSSR count). The van der Waals surface area contributed by atoms with Crippen molar-refractivity contribution in [3.05, 3.63) is 70.8 Å². The molecule has 0 heterocycles. The lowest BCUT2D eigenvalue weighted by molar-refractivity contribution is -0.131. The second kappa shape index (κ2) is 6.48. The van der Waals surface area contributed by atoms with Crippen LogP contribution < -0.4 is 5.32 Å². The molecule has 0 saturated heterocycles. The normalized spacial score (nSPS) is 19.4. The van der Waals surface area contributed by atoms with E-state index >= 15 is 0 Å². The lowest BCUT2D eigenvalue weighted by Gasteiger charge is -2.33. The van der Waals surface area contributed by atoms with Crippen molar-refractivity contribution in [2.75, 3.05) is 0 Å². The molecule has 4 nitrogen and oxygen atoms in total. The van der Waals surface area contributed by atoms with Crippen LogP contribution in [0.5, 0.6) is 0 Å². The van der Waals surface area contributed by atoms with Gasteiger partial charge in [-0.3, -0.25) is 4.79 Å². The number of aromatic carboxylic acids is 1. The molecular formula is C20H21NO3. The van der Waals surface area contributed by atoms with Crippen LogP contribution in [0.2, 0.25) is 0 Å². The Bertz CT molecular complexity index is 767. The zero-order valence-electron chi connectivity index (χ0n) is 13.7. The van der Waals surface area contributed by atoms with Gasteiger partial charge in [-0.25, -0.2) is 4.79 Å². The molecule has 0 fully saturated rings. The minimum Gasteiger partial charge on any atom is -0.478 e. The molecule has 0 spiro atoms. The number of hydrogen-bond acceptors (Lipinski definition) is 2. The van der Waals surface area contributed by atoms with Crippen LogP contribution >= 0.6 is 0 Å². The van der Waals surface area contributed by atoms with Gasteiger partial charge in [0.05, 0.1) is 11.0 Å². The van der Waals surface area contributed by atoms with Gasteiger partial charge in [0.2, 0.25) is 5.91 Å². The first-order valence-electron chi connectivity index (χ1n) is 8.15. The maximum atomic E-state index is 12.7. The molecule has 1 amide bonds. The number of carboxylic acids is 1. The molecule has 1 aliphatic rings. The lowest BCUT2D eigenvalue weighted by atomic mass is 9.72. The molecule has 0 radical (unpaired) electrons. The first-order valence-corrected chi connectivity index (χ1v) is 8.15. The van der Waals surface area contributed by atoms with Crippen molar-refractivity contribution in [1.29, 1.82) is 0 Å². The van der Waals surface area contributed by atoms with Crippen LogP contribution in [-0.2, 0) is 24.2 Å². The molecule has 0 saturated carbocycles. The van der Waals surface area contributed by atoms with Gasteiger partial charge in [-0.2, -0.15) is 0 Å². The van der Waals surface area contributed by atoms with E-state index in [2.05, 4.69) is 17.4 Å². The number of carbonyl (C=O) groups excluding carboxylic acids is 1. The van der Waals surface area contributed by atoms with Gasteiger partial charge in [0.1, 0.15) is 0 Å². The number of carboxylic acid groups (broad SMARTS) is 1. The van der Waals surface area contributed by atoms with Crippen molar-refractivity contribution in [1.82, 2.24) is 5.32 Å². The Kier molecular flexibility index (Phi) is 4.38. The van der Waals surface area contributed by atoms with E-state index in [1.807, 2.05) is 19.1 Å². The van der Waals surface area contributed by atoms with E-state index < -0.39 is 11.4 Å². The van der Waals surface area contributed by atoms with Crippen LogP contribution in [0.15, 0.2) is 48.5 Å². The standard InChI is InChI=1S/C20H21NO3/c1-20(11-10-15-4-2-3-5-17(15)12-20)19(24)21-13-14-6-8-16(9-7-14)18(22)23/h2-9H,10-13H2,1H3,(H,21,24)(H,22,23).